The molecule has 0 atom stereocenters. The van der Waals surface area contributed by atoms with Crippen molar-refractivity contribution in [2.75, 3.05) is 45.9 Å². The number of carbonyl (C=O) groups is 1. The van der Waals surface area contributed by atoms with Crippen LogP contribution in [0.25, 0.3) is 0 Å². The van der Waals surface area contributed by atoms with Crippen molar-refractivity contribution in [3.63, 3.8) is 0 Å². The van der Waals surface area contributed by atoms with Crippen LogP contribution in [0.5, 0.6) is 0 Å². The molecule has 0 aromatic rings. The summed E-state index contributed by atoms with van der Waals surface area (Å²) in [5.74, 6) is -0.717. The van der Waals surface area contributed by atoms with Crippen LogP contribution in [-0.2, 0) is 4.79 Å². The fourth-order valence-electron chi connectivity index (χ4n) is 1.94. The highest BCUT2D eigenvalue weighted by Gasteiger charge is 2.16. The van der Waals surface area contributed by atoms with Crippen LogP contribution in [0.4, 0.5) is 0 Å². The van der Waals surface area contributed by atoms with E-state index in [1.165, 1.54) is 0 Å². The molecular formula is C11H22N2O3. The van der Waals surface area contributed by atoms with E-state index in [9.17, 15) is 4.79 Å². The van der Waals surface area contributed by atoms with E-state index >= 15 is 0 Å². The number of hydrogen-bond acceptors (Lipinski definition) is 4. The van der Waals surface area contributed by atoms with E-state index < -0.39 is 5.97 Å². The van der Waals surface area contributed by atoms with Crippen LogP contribution < -0.4 is 0 Å². The summed E-state index contributed by atoms with van der Waals surface area (Å²) in [6.45, 7) is 5.96. The van der Waals surface area contributed by atoms with Gasteiger partial charge in [0.15, 0.2) is 0 Å². The van der Waals surface area contributed by atoms with Crippen molar-refractivity contribution in [2.45, 2.75) is 19.3 Å². The normalized spacial score (nSPS) is 18.8. The molecule has 0 radical (unpaired) electrons. The van der Waals surface area contributed by atoms with Gasteiger partial charge < -0.3 is 20.0 Å². The quantitative estimate of drug-likeness (QED) is 0.596. The van der Waals surface area contributed by atoms with Crippen molar-refractivity contribution in [1.29, 1.82) is 0 Å². The lowest BCUT2D eigenvalue weighted by atomic mass is 10.2. The number of piperazine rings is 1. The van der Waals surface area contributed by atoms with Crippen molar-refractivity contribution in [3.05, 3.63) is 0 Å². The molecule has 94 valence electrons. The first-order valence-electron chi connectivity index (χ1n) is 5.99. The minimum atomic E-state index is -0.717. The molecule has 16 heavy (non-hydrogen) atoms. The Hall–Kier alpha value is -0.650. The van der Waals surface area contributed by atoms with Gasteiger partial charge >= 0.3 is 5.97 Å². The summed E-state index contributed by atoms with van der Waals surface area (Å²) in [6.07, 6.45) is 2.16. The van der Waals surface area contributed by atoms with Gasteiger partial charge in [-0.1, -0.05) is 0 Å². The number of aliphatic hydroxyl groups is 1. The molecule has 1 aliphatic heterocycles. The predicted octanol–water partition coefficient (Wildman–Crippen LogP) is -0.149. The third-order valence-corrected chi connectivity index (χ3v) is 2.99. The SMILES string of the molecule is O=C(O)CCN1CCN(CCCCO)CC1. The Kier molecular flexibility index (Phi) is 6.37. The molecule has 5 nitrogen and oxygen atoms in total. The molecule has 0 bridgehead atoms. The van der Waals surface area contributed by atoms with Gasteiger partial charge in [0.2, 0.25) is 0 Å². The Bertz CT molecular complexity index is 203. The molecule has 0 spiro atoms. The Morgan fingerprint density at radius 1 is 1.00 bits per heavy atom. The van der Waals surface area contributed by atoms with E-state index in [1.54, 1.807) is 0 Å². The number of aliphatic carboxylic acids is 1. The zero-order valence-corrected chi connectivity index (χ0v) is 9.77. The van der Waals surface area contributed by atoms with Crippen LogP contribution >= 0.6 is 0 Å². The van der Waals surface area contributed by atoms with Crippen molar-refractivity contribution in [3.8, 4) is 0 Å². The molecule has 0 aliphatic carbocycles. The highest BCUT2D eigenvalue weighted by Crippen LogP contribution is 2.04. The third-order valence-electron chi connectivity index (χ3n) is 2.99. The first-order valence-corrected chi connectivity index (χ1v) is 5.99. The second-order valence-corrected chi connectivity index (χ2v) is 4.26. The third kappa shape index (κ3) is 5.44. The predicted molar refractivity (Wildman–Crippen MR) is 61.5 cm³/mol. The molecule has 0 aromatic heterocycles. The molecule has 0 saturated carbocycles. The number of rotatable bonds is 7. The van der Waals surface area contributed by atoms with Gasteiger partial charge in [-0.3, -0.25) is 4.79 Å². The van der Waals surface area contributed by atoms with Crippen molar-refractivity contribution in [2.24, 2.45) is 0 Å². The Morgan fingerprint density at radius 2 is 1.56 bits per heavy atom. The van der Waals surface area contributed by atoms with E-state index in [-0.39, 0.29) is 13.0 Å². The maximum Gasteiger partial charge on any atom is 0.304 e. The first kappa shape index (κ1) is 13.4. The Labute approximate surface area is 96.7 Å². The maximum atomic E-state index is 10.4. The summed E-state index contributed by atoms with van der Waals surface area (Å²) in [6, 6.07) is 0. The zero-order chi connectivity index (χ0) is 11.8. The second kappa shape index (κ2) is 7.60. The molecule has 2 N–H and O–H groups in total. The minimum absolute atomic E-state index is 0.241. The highest BCUT2D eigenvalue weighted by atomic mass is 16.4. The minimum Gasteiger partial charge on any atom is -0.481 e. The van der Waals surface area contributed by atoms with Crippen molar-refractivity contribution < 1.29 is 15.0 Å². The van der Waals surface area contributed by atoms with Crippen LogP contribution in [0.15, 0.2) is 0 Å². The van der Waals surface area contributed by atoms with Crippen LogP contribution in [0.2, 0.25) is 0 Å². The molecule has 5 heteroatoms. The highest BCUT2D eigenvalue weighted by molar-refractivity contribution is 5.66. The summed E-state index contributed by atoms with van der Waals surface area (Å²) < 4.78 is 0. The van der Waals surface area contributed by atoms with Crippen LogP contribution in [-0.4, -0.2) is 71.9 Å². The van der Waals surface area contributed by atoms with E-state index in [1.807, 2.05) is 0 Å². The average molecular weight is 230 g/mol. The summed E-state index contributed by atoms with van der Waals surface area (Å²) in [7, 11) is 0. The summed E-state index contributed by atoms with van der Waals surface area (Å²) in [4.78, 5) is 15.0. The van der Waals surface area contributed by atoms with E-state index in [2.05, 4.69) is 9.80 Å². The van der Waals surface area contributed by atoms with E-state index in [0.717, 1.165) is 45.6 Å². The van der Waals surface area contributed by atoms with Crippen molar-refractivity contribution in [1.82, 2.24) is 9.80 Å². The lowest BCUT2D eigenvalue weighted by molar-refractivity contribution is -0.137. The number of unbranched alkanes of at least 4 members (excludes halogenated alkanes) is 1. The summed E-state index contributed by atoms with van der Waals surface area (Å²) >= 11 is 0. The van der Waals surface area contributed by atoms with Gasteiger partial charge in [0.05, 0.1) is 6.42 Å². The molecule has 0 aromatic carbocycles. The van der Waals surface area contributed by atoms with E-state index in [0.29, 0.717) is 6.54 Å². The second-order valence-electron chi connectivity index (χ2n) is 4.26. The number of carboxylic acids is 1. The monoisotopic (exact) mass is 230 g/mol. The number of carboxylic acid groups (broad SMARTS) is 1. The smallest absolute Gasteiger partial charge is 0.304 e. The average Bonchev–Trinajstić information content (AvgIpc) is 2.28. The van der Waals surface area contributed by atoms with Gasteiger partial charge in [0.25, 0.3) is 0 Å². The maximum absolute atomic E-state index is 10.4. The number of nitrogens with zero attached hydrogens (tertiary/aromatic N) is 2. The first-order chi connectivity index (χ1) is 7.72. The standard InChI is InChI=1S/C11H22N2O3/c14-10-2-1-4-12-6-8-13(9-7-12)5-3-11(15)16/h14H,1-10H2,(H,15,16). The number of hydrogen-bond donors (Lipinski definition) is 2. The van der Waals surface area contributed by atoms with Gasteiger partial charge in [-0.15, -0.1) is 0 Å². The number of aliphatic hydroxyl groups excluding tert-OH is 1. The van der Waals surface area contributed by atoms with Crippen LogP contribution in [0, 0.1) is 0 Å². The molecule has 1 fully saturated rings. The zero-order valence-electron chi connectivity index (χ0n) is 9.77. The lowest BCUT2D eigenvalue weighted by Crippen LogP contribution is -2.47. The van der Waals surface area contributed by atoms with Crippen molar-refractivity contribution >= 4 is 5.97 Å². The fourth-order valence-corrected chi connectivity index (χ4v) is 1.94. The molecule has 1 saturated heterocycles. The van der Waals surface area contributed by atoms with Gasteiger partial charge in [-0.25, -0.2) is 0 Å². The van der Waals surface area contributed by atoms with Crippen LogP contribution in [0.1, 0.15) is 19.3 Å². The largest absolute Gasteiger partial charge is 0.481 e. The molecular weight excluding hydrogens is 208 g/mol. The molecule has 1 rings (SSSR count). The Balaban J connectivity index is 2.06. The van der Waals surface area contributed by atoms with Gasteiger partial charge in [-0.05, 0) is 19.4 Å². The van der Waals surface area contributed by atoms with Gasteiger partial charge in [0.1, 0.15) is 0 Å². The molecule has 1 aliphatic rings. The summed E-state index contributed by atoms with van der Waals surface area (Å²) in [5.41, 5.74) is 0. The summed E-state index contributed by atoms with van der Waals surface area (Å²) in [5, 5.41) is 17.3. The Morgan fingerprint density at radius 3 is 2.06 bits per heavy atom. The topological polar surface area (TPSA) is 64.0 Å². The van der Waals surface area contributed by atoms with E-state index in [4.69, 9.17) is 10.2 Å². The van der Waals surface area contributed by atoms with Gasteiger partial charge in [-0.2, -0.15) is 0 Å². The van der Waals surface area contributed by atoms with Crippen LogP contribution in [0.3, 0.4) is 0 Å². The molecule has 0 unspecified atom stereocenters. The molecule has 0 amide bonds. The molecule has 1 heterocycles. The fraction of sp³-hybridized carbons (Fsp3) is 0.909. The van der Waals surface area contributed by atoms with Gasteiger partial charge in [0, 0.05) is 39.3 Å². The lowest BCUT2D eigenvalue weighted by Gasteiger charge is -2.34.